The normalized spacial score (nSPS) is 11.3. The number of rotatable bonds is 7. The number of aryl methyl sites for hydroxylation is 1. The van der Waals surface area contributed by atoms with E-state index >= 15 is 0 Å². The molecule has 0 N–H and O–H groups in total. The first-order chi connectivity index (χ1) is 9.26. The maximum Gasteiger partial charge on any atom is 0.124 e. The molecule has 2 aromatic rings. The second-order valence-corrected chi connectivity index (χ2v) is 5.20. The molecule has 3 nitrogen and oxygen atoms in total. The Morgan fingerprint density at radius 3 is 2.84 bits per heavy atom. The number of alkyl halides is 1. The van der Waals surface area contributed by atoms with Crippen LogP contribution in [0.3, 0.4) is 0 Å². The van der Waals surface area contributed by atoms with Crippen molar-refractivity contribution in [3.05, 3.63) is 29.0 Å². The summed E-state index contributed by atoms with van der Waals surface area (Å²) in [6.45, 7) is 1.74. The molecular formula is C14H18Cl2N2O. The lowest BCUT2D eigenvalue weighted by Gasteiger charge is -2.07. The Labute approximate surface area is 123 Å². The van der Waals surface area contributed by atoms with Crippen molar-refractivity contribution in [1.82, 2.24) is 9.55 Å². The summed E-state index contributed by atoms with van der Waals surface area (Å²) in [5.41, 5.74) is 2.02. The van der Waals surface area contributed by atoms with E-state index in [2.05, 4.69) is 9.55 Å². The van der Waals surface area contributed by atoms with Crippen LogP contribution in [0, 0.1) is 0 Å². The molecule has 19 heavy (non-hydrogen) atoms. The summed E-state index contributed by atoms with van der Waals surface area (Å²) in [5, 5.41) is 0.731. The number of aromatic nitrogens is 2. The minimum atomic E-state index is 0.421. The van der Waals surface area contributed by atoms with E-state index in [4.69, 9.17) is 27.9 Å². The number of halogens is 2. The van der Waals surface area contributed by atoms with Crippen molar-refractivity contribution in [2.75, 3.05) is 13.7 Å². The van der Waals surface area contributed by atoms with Gasteiger partial charge >= 0.3 is 0 Å². The predicted molar refractivity (Wildman–Crippen MR) is 80.0 cm³/mol. The molecule has 0 aliphatic heterocycles. The Morgan fingerprint density at radius 2 is 2.11 bits per heavy atom. The van der Waals surface area contributed by atoms with Crippen molar-refractivity contribution in [1.29, 1.82) is 0 Å². The average molecular weight is 301 g/mol. The molecule has 0 bridgehead atoms. The van der Waals surface area contributed by atoms with Crippen molar-refractivity contribution in [3.8, 4) is 0 Å². The van der Waals surface area contributed by atoms with E-state index in [0.29, 0.717) is 5.88 Å². The van der Waals surface area contributed by atoms with Crippen LogP contribution in [-0.4, -0.2) is 23.3 Å². The summed E-state index contributed by atoms with van der Waals surface area (Å²) < 4.78 is 7.22. The number of fused-ring (bicyclic) bond motifs is 1. The molecule has 2 rings (SSSR count). The van der Waals surface area contributed by atoms with Crippen LogP contribution in [0.4, 0.5) is 0 Å². The fourth-order valence-corrected chi connectivity index (χ4v) is 2.56. The van der Waals surface area contributed by atoms with Crippen molar-refractivity contribution in [2.24, 2.45) is 0 Å². The SMILES string of the molecule is COCCCCCn1c(CCl)nc2ccc(Cl)cc21. The number of imidazole rings is 1. The molecule has 0 saturated heterocycles. The van der Waals surface area contributed by atoms with Crippen LogP contribution >= 0.6 is 23.2 Å². The average Bonchev–Trinajstić information content (AvgIpc) is 2.76. The van der Waals surface area contributed by atoms with E-state index in [0.717, 1.165) is 54.3 Å². The molecule has 0 fully saturated rings. The Morgan fingerprint density at radius 1 is 1.26 bits per heavy atom. The quantitative estimate of drug-likeness (QED) is 0.565. The minimum Gasteiger partial charge on any atom is -0.385 e. The molecule has 0 spiro atoms. The highest BCUT2D eigenvalue weighted by Crippen LogP contribution is 2.22. The van der Waals surface area contributed by atoms with Gasteiger partial charge in [-0.1, -0.05) is 11.6 Å². The van der Waals surface area contributed by atoms with Gasteiger partial charge in [0.05, 0.1) is 16.9 Å². The van der Waals surface area contributed by atoms with Crippen molar-refractivity contribution < 1.29 is 4.74 Å². The molecule has 1 heterocycles. The number of benzene rings is 1. The van der Waals surface area contributed by atoms with Crippen LogP contribution in [0.5, 0.6) is 0 Å². The topological polar surface area (TPSA) is 27.1 Å². The Kier molecular flexibility index (Phi) is 5.49. The molecule has 0 radical (unpaired) electrons. The van der Waals surface area contributed by atoms with Crippen LogP contribution in [0.25, 0.3) is 11.0 Å². The summed E-state index contributed by atoms with van der Waals surface area (Å²) in [5.74, 6) is 1.33. The third-order valence-electron chi connectivity index (χ3n) is 3.14. The van der Waals surface area contributed by atoms with E-state index in [1.54, 1.807) is 7.11 Å². The maximum absolute atomic E-state index is 6.06. The fourth-order valence-electron chi connectivity index (χ4n) is 2.19. The fraction of sp³-hybridized carbons (Fsp3) is 0.500. The zero-order chi connectivity index (χ0) is 13.7. The molecule has 5 heteroatoms. The summed E-state index contributed by atoms with van der Waals surface area (Å²) in [7, 11) is 1.73. The van der Waals surface area contributed by atoms with Crippen LogP contribution in [0.2, 0.25) is 5.02 Å². The van der Waals surface area contributed by atoms with E-state index in [9.17, 15) is 0 Å². The Bertz CT molecular complexity index is 539. The van der Waals surface area contributed by atoms with Gasteiger partial charge in [0.1, 0.15) is 5.82 Å². The number of unbranched alkanes of at least 4 members (excludes halogenated alkanes) is 2. The van der Waals surface area contributed by atoms with Crippen LogP contribution in [0.15, 0.2) is 18.2 Å². The van der Waals surface area contributed by atoms with E-state index in [-0.39, 0.29) is 0 Å². The van der Waals surface area contributed by atoms with Gasteiger partial charge in [-0.2, -0.15) is 0 Å². The van der Waals surface area contributed by atoms with Crippen LogP contribution in [-0.2, 0) is 17.2 Å². The number of hydrogen-bond acceptors (Lipinski definition) is 2. The van der Waals surface area contributed by atoms with Gasteiger partial charge in [0.15, 0.2) is 0 Å². The smallest absolute Gasteiger partial charge is 0.124 e. The molecule has 0 amide bonds. The molecule has 1 aromatic heterocycles. The van der Waals surface area contributed by atoms with Gasteiger partial charge in [-0.05, 0) is 37.5 Å². The Hall–Kier alpha value is -0.770. The Balaban J connectivity index is 2.13. The molecule has 0 aliphatic rings. The van der Waals surface area contributed by atoms with Gasteiger partial charge < -0.3 is 9.30 Å². The molecule has 0 aliphatic carbocycles. The monoisotopic (exact) mass is 300 g/mol. The highest BCUT2D eigenvalue weighted by atomic mass is 35.5. The lowest BCUT2D eigenvalue weighted by atomic mass is 10.2. The van der Waals surface area contributed by atoms with Gasteiger partial charge in [-0.25, -0.2) is 4.98 Å². The van der Waals surface area contributed by atoms with E-state index in [1.807, 2.05) is 18.2 Å². The third-order valence-corrected chi connectivity index (χ3v) is 3.61. The maximum atomic E-state index is 6.06. The lowest BCUT2D eigenvalue weighted by molar-refractivity contribution is 0.191. The highest BCUT2D eigenvalue weighted by Gasteiger charge is 2.09. The van der Waals surface area contributed by atoms with Gasteiger partial charge in [-0.15, -0.1) is 11.6 Å². The second kappa shape index (κ2) is 7.13. The molecule has 0 atom stereocenters. The summed E-state index contributed by atoms with van der Waals surface area (Å²) in [6.07, 6.45) is 3.31. The zero-order valence-electron chi connectivity index (χ0n) is 11.0. The molecular weight excluding hydrogens is 283 g/mol. The number of methoxy groups -OCH3 is 1. The summed E-state index contributed by atoms with van der Waals surface area (Å²) in [4.78, 5) is 4.54. The standard InChI is InChI=1S/C14H18Cl2N2O/c1-19-8-4-2-3-7-18-13-9-11(16)5-6-12(13)17-14(18)10-15/h5-6,9H,2-4,7-8,10H2,1H3. The largest absolute Gasteiger partial charge is 0.385 e. The van der Waals surface area contributed by atoms with Gasteiger partial charge in [0.25, 0.3) is 0 Å². The third kappa shape index (κ3) is 3.62. The predicted octanol–water partition coefficient (Wildman–Crippen LogP) is 4.25. The van der Waals surface area contributed by atoms with Crippen molar-refractivity contribution in [3.63, 3.8) is 0 Å². The van der Waals surface area contributed by atoms with Crippen LogP contribution in [0.1, 0.15) is 25.1 Å². The van der Waals surface area contributed by atoms with E-state index in [1.165, 1.54) is 0 Å². The first kappa shape index (κ1) is 14.6. The molecule has 0 unspecified atom stereocenters. The van der Waals surface area contributed by atoms with Crippen LogP contribution < -0.4 is 0 Å². The highest BCUT2D eigenvalue weighted by molar-refractivity contribution is 6.31. The number of nitrogens with zero attached hydrogens (tertiary/aromatic N) is 2. The lowest BCUT2D eigenvalue weighted by Crippen LogP contribution is -2.03. The minimum absolute atomic E-state index is 0.421. The van der Waals surface area contributed by atoms with E-state index < -0.39 is 0 Å². The van der Waals surface area contributed by atoms with Gasteiger partial charge in [0, 0.05) is 25.3 Å². The van der Waals surface area contributed by atoms with Crippen molar-refractivity contribution >= 4 is 34.2 Å². The zero-order valence-corrected chi connectivity index (χ0v) is 12.5. The first-order valence-electron chi connectivity index (χ1n) is 6.46. The molecule has 0 saturated carbocycles. The van der Waals surface area contributed by atoms with Gasteiger partial charge in [0.2, 0.25) is 0 Å². The summed E-state index contributed by atoms with van der Waals surface area (Å²) >= 11 is 12.0. The summed E-state index contributed by atoms with van der Waals surface area (Å²) in [6, 6.07) is 5.75. The molecule has 1 aromatic carbocycles. The molecule has 104 valence electrons. The number of hydrogen-bond donors (Lipinski definition) is 0. The number of ether oxygens (including phenoxy) is 1. The first-order valence-corrected chi connectivity index (χ1v) is 7.37. The van der Waals surface area contributed by atoms with Crippen molar-refractivity contribution in [2.45, 2.75) is 31.7 Å². The second-order valence-electron chi connectivity index (χ2n) is 4.50. The van der Waals surface area contributed by atoms with Gasteiger partial charge in [-0.3, -0.25) is 0 Å².